The fourth-order valence-electron chi connectivity index (χ4n) is 4.64. The van der Waals surface area contributed by atoms with Crippen molar-refractivity contribution in [1.82, 2.24) is 4.90 Å². The van der Waals surface area contributed by atoms with Gasteiger partial charge >= 0.3 is 0 Å². The summed E-state index contributed by atoms with van der Waals surface area (Å²) in [6.07, 6.45) is 0.710. The molecule has 0 radical (unpaired) electrons. The number of hydrogen-bond donors (Lipinski definition) is 1. The summed E-state index contributed by atoms with van der Waals surface area (Å²) < 4.78 is 6.18. The van der Waals surface area contributed by atoms with Crippen molar-refractivity contribution in [1.29, 1.82) is 0 Å². The summed E-state index contributed by atoms with van der Waals surface area (Å²) in [6, 6.07) is 21.8. The molecule has 2 amide bonds. The number of benzene rings is 3. The molecule has 0 saturated carbocycles. The summed E-state index contributed by atoms with van der Waals surface area (Å²) in [4.78, 5) is 27.4. The van der Waals surface area contributed by atoms with Crippen molar-refractivity contribution >= 4 is 17.5 Å². The van der Waals surface area contributed by atoms with Crippen LogP contribution in [0.5, 0.6) is 5.75 Å². The molecule has 0 saturated heterocycles. The van der Waals surface area contributed by atoms with Gasteiger partial charge in [0.2, 0.25) is 5.91 Å². The molecule has 0 aliphatic carbocycles. The van der Waals surface area contributed by atoms with Gasteiger partial charge in [0, 0.05) is 19.2 Å². The largest absolute Gasteiger partial charge is 0.481 e. The van der Waals surface area contributed by atoms with Crippen LogP contribution in [0.25, 0.3) is 0 Å². The molecule has 0 unspecified atom stereocenters. The number of hydrogen-bond acceptors (Lipinski definition) is 3. The third-order valence-corrected chi connectivity index (χ3v) is 6.34. The fraction of sp³-hybridized carbons (Fsp3) is 0.310. The van der Waals surface area contributed by atoms with Gasteiger partial charge in [0.1, 0.15) is 5.75 Å². The molecule has 0 spiro atoms. The van der Waals surface area contributed by atoms with E-state index in [0.29, 0.717) is 18.7 Å². The smallest absolute Gasteiger partial charge is 0.265 e. The zero-order chi connectivity index (χ0) is 24.2. The first-order chi connectivity index (χ1) is 16.4. The normalized spacial score (nSPS) is 15.9. The quantitative estimate of drug-likeness (QED) is 0.526. The minimum Gasteiger partial charge on any atom is -0.481 e. The van der Waals surface area contributed by atoms with Crippen LogP contribution in [0.1, 0.15) is 54.1 Å². The highest BCUT2D eigenvalue weighted by Crippen LogP contribution is 2.37. The van der Waals surface area contributed by atoms with Crippen LogP contribution in [-0.2, 0) is 16.0 Å². The number of aryl methyl sites for hydroxylation is 2. The van der Waals surface area contributed by atoms with Gasteiger partial charge in [-0.1, -0.05) is 55.0 Å². The third kappa shape index (κ3) is 5.14. The number of rotatable bonds is 6. The summed E-state index contributed by atoms with van der Waals surface area (Å²) >= 11 is 0. The van der Waals surface area contributed by atoms with Gasteiger partial charge in [-0.05, 0) is 73.2 Å². The molecule has 3 aromatic carbocycles. The zero-order valence-electron chi connectivity index (χ0n) is 20.3. The third-order valence-electron chi connectivity index (χ3n) is 6.34. The number of amides is 2. The highest BCUT2D eigenvalue weighted by Gasteiger charge is 2.31. The van der Waals surface area contributed by atoms with Gasteiger partial charge in [-0.2, -0.15) is 0 Å². The molecule has 5 heteroatoms. The molecular weight excluding hydrogens is 424 g/mol. The number of nitrogens with zero attached hydrogens (tertiary/aromatic N) is 1. The number of ether oxygens (including phenoxy) is 1. The molecular formula is C29H32N2O3. The van der Waals surface area contributed by atoms with Crippen molar-refractivity contribution in [3.8, 4) is 5.75 Å². The molecule has 1 aliphatic rings. The Morgan fingerprint density at radius 3 is 2.44 bits per heavy atom. The van der Waals surface area contributed by atoms with E-state index in [1.165, 1.54) is 5.56 Å². The summed E-state index contributed by atoms with van der Waals surface area (Å²) in [5.41, 5.74) is 6.33. The first-order valence-electron chi connectivity index (χ1n) is 11.9. The van der Waals surface area contributed by atoms with Crippen LogP contribution < -0.4 is 10.1 Å². The number of nitrogens with one attached hydrogen (secondary N) is 1. The Morgan fingerprint density at radius 2 is 1.76 bits per heavy atom. The van der Waals surface area contributed by atoms with Crippen LogP contribution in [0.2, 0.25) is 0 Å². The topological polar surface area (TPSA) is 58.6 Å². The van der Waals surface area contributed by atoms with Gasteiger partial charge < -0.3 is 15.0 Å². The molecule has 5 nitrogen and oxygen atoms in total. The van der Waals surface area contributed by atoms with Crippen molar-refractivity contribution in [3.63, 3.8) is 0 Å². The van der Waals surface area contributed by atoms with Crippen LogP contribution in [0, 0.1) is 13.8 Å². The summed E-state index contributed by atoms with van der Waals surface area (Å²) in [6.45, 7) is 8.29. The number of fused-ring (bicyclic) bond motifs is 1. The van der Waals surface area contributed by atoms with Gasteiger partial charge in [-0.3, -0.25) is 9.59 Å². The monoisotopic (exact) mass is 456 g/mol. The average molecular weight is 457 g/mol. The van der Waals surface area contributed by atoms with Crippen LogP contribution in [0.3, 0.4) is 0 Å². The minimum atomic E-state index is -0.622. The van der Waals surface area contributed by atoms with E-state index in [1.54, 1.807) is 6.92 Å². The lowest BCUT2D eigenvalue weighted by Crippen LogP contribution is -2.39. The van der Waals surface area contributed by atoms with Gasteiger partial charge in [0.15, 0.2) is 6.10 Å². The van der Waals surface area contributed by atoms with Gasteiger partial charge in [0.25, 0.3) is 5.91 Å². The first kappa shape index (κ1) is 23.6. The van der Waals surface area contributed by atoms with Gasteiger partial charge in [-0.25, -0.2) is 0 Å². The Labute approximate surface area is 201 Å². The zero-order valence-corrected chi connectivity index (χ0v) is 20.3. The second-order valence-corrected chi connectivity index (χ2v) is 9.01. The molecule has 176 valence electrons. The summed E-state index contributed by atoms with van der Waals surface area (Å²) in [5, 5.41) is 2.96. The highest BCUT2D eigenvalue weighted by molar-refractivity contribution is 5.94. The molecule has 0 aromatic heterocycles. The molecule has 4 rings (SSSR count). The summed E-state index contributed by atoms with van der Waals surface area (Å²) in [7, 11) is 0. The van der Waals surface area contributed by atoms with E-state index in [0.717, 1.165) is 34.4 Å². The van der Waals surface area contributed by atoms with E-state index in [2.05, 4.69) is 36.5 Å². The van der Waals surface area contributed by atoms with Crippen molar-refractivity contribution in [2.75, 3.05) is 11.9 Å². The van der Waals surface area contributed by atoms with E-state index in [1.807, 2.05) is 61.2 Å². The molecule has 0 fully saturated rings. The maximum absolute atomic E-state index is 12.9. The minimum absolute atomic E-state index is 0.0486. The Morgan fingerprint density at radius 1 is 1.03 bits per heavy atom. The molecule has 1 N–H and O–H groups in total. The number of anilines is 1. The van der Waals surface area contributed by atoms with E-state index >= 15 is 0 Å². The van der Waals surface area contributed by atoms with Crippen molar-refractivity contribution in [3.05, 3.63) is 94.5 Å². The van der Waals surface area contributed by atoms with Crippen LogP contribution >= 0.6 is 0 Å². The van der Waals surface area contributed by atoms with Crippen LogP contribution in [0.4, 0.5) is 5.69 Å². The Balaban J connectivity index is 1.62. The first-order valence-corrected chi connectivity index (χ1v) is 11.9. The Hall–Kier alpha value is -3.60. The maximum atomic E-state index is 12.9. The standard InChI is InChI=1S/C29H32N2O3/c1-5-27(29(33)30-24-11-7-9-20(3)17-24)34-25-13-12-22-14-15-31(21(4)32)28(26(22)18-25)23-10-6-8-19(2)16-23/h6-13,16-18,27-28H,5,14-15H2,1-4H3,(H,30,33)/t27-,28+/m1/s1. The van der Waals surface area contributed by atoms with E-state index < -0.39 is 6.10 Å². The van der Waals surface area contributed by atoms with Crippen molar-refractivity contribution in [2.45, 2.75) is 52.7 Å². The lowest BCUT2D eigenvalue weighted by atomic mass is 9.87. The molecule has 2 atom stereocenters. The fourth-order valence-corrected chi connectivity index (χ4v) is 4.64. The molecule has 1 aliphatic heterocycles. The molecule has 34 heavy (non-hydrogen) atoms. The molecule has 1 heterocycles. The Bertz CT molecular complexity index is 1200. The number of carbonyl (C=O) groups excluding carboxylic acids is 2. The maximum Gasteiger partial charge on any atom is 0.265 e. The van der Waals surface area contributed by atoms with Gasteiger partial charge in [0.05, 0.1) is 6.04 Å². The van der Waals surface area contributed by atoms with Gasteiger partial charge in [-0.15, -0.1) is 0 Å². The predicted octanol–water partition coefficient (Wildman–Crippen LogP) is 5.59. The second kappa shape index (κ2) is 10.1. The van der Waals surface area contributed by atoms with Crippen molar-refractivity contribution in [2.24, 2.45) is 0 Å². The predicted molar refractivity (Wildman–Crippen MR) is 135 cm³/mol. The Kier molecular flexibility index (Phi) is 7.01. The molecule has 0 bridgehead atoms. The van der Waals surface area contributed by atoms with E-state index in [9.17, 15) is 9.59 Å². The number of carbonyl (C=O) groups is 2. The van der Waals surface area contributed by atoms with Crippen molar-refractivity contribution < 1.29 is 14.3 Å². The second-order valence-electron chi connectivity index (χ2n) is 9.01. The van der Waals surface area contributed by atoms with Crippen LogP contribution in [0.15, 0.2) is 66.7 Å². The molecule has 3 aromatic rings. The SMILES string of the molecule is CC[C@@H](Oc1ccc2c(c1)[C@H](c1cccc(C)c1)N(C(C)=O)CC2)C(=O)Nc1cccc(C)c1. The summed E-state index contributed by atoms with van der Waals surface area (Å²) in [5.74, 6) is 0.506. The lowest BCUT2D eigenvalue weighted by molar-refractivity contribution is -0.130. The van der Waals surface area contributed by atoms with Crippen LogP contribution in [-0.4, -0.2) is 29.4 Å². The highest BCUT2D eigenvalue weighted by atomic mass is 16.5. The van der Waals surface area contributed by atoms with E-state index in [-0.39, 0.29) is 17.9 Å². The average Bonchev–Trinajstić information content (AvgIpc) is 2.81. The lowest BCUT2D eigenvalue weighted by Gasteiger charge is -2.37. The van der Waals surface area contributed by atoms with E-state index in [4.69, 9.17) is 4.74 Å².